The molecule has 112 valence electrons. The Balaban J connectivity index is 1.80. The third-order valence-electron chi connectivity index (χ3n) is 3.98. The van der Waals surface area contributed by atoms with Crippen LogP contribution in [0.5, 0.6) is 0 Å². The number of aromatic amines is 1. The van der Waals surface area contributed by atoms with E-state index in [2.05, 4.69) is 53.9 Å². The fourth-order valence-electron chi connectivity index (χ4n) is 2.72. The van der Waals surface area contributed by atoms with E-state index in [1.165, 1.54) is 16.5 Å². The van der Waals surface area contributed by atoms with Crippen molar-refractivity contribution in [3.05, 3.63) is 35.5 Å². The molecule has 2 heterocycles. The van der Waals surface area contributed by atoms with Gasteiger partial charge in [0.25, 0.3) is 0 Å². The van der Waals surface area contributed by atoms with Gasteiger partial charge in [-0.2, -0.15) is 5.48 Å². The molecule has 0 aliphatic carbocycles. The molecule has 1 fully saturated rings. The molecule has 1 saturated heterocycles. The van der Waals surface area contributed by atoms with Crippen LogP contribution < -0.4 is 5.48 Å². The summed E-state index contributed by atoms with van der Waals surface area (Å²) < 4.78 is 0. The Morgan fingerprint density at radius 1 is 1.38 bits per heavy atom. The summed E-state index contributed by atoms with van der Waals surface area (Å²) in [7, 11) is 4.16. The lowest BCUT2D eigenvalue weighted by molar-refractivity contribution is -0.145. The second-order valence-electron chi connectivity index (χ2n) is 5.92. The van der Waals surface area contributed by atoms with E-state index in [1.807, 2.05) is 0 Å². The van der Waals surface area contributed by atoms with Gasteiger partial charge in [-0.05, 0) is 50.2 Å². The number of aromatic nitrogens is 1. The highest BCUT2D eigenvalue weighted by molar-refractivity contribution is 5.84. The summed E-state index contributed by atoms with van der Waals surface area (Å²) in [6, 6.07) is 6.38. The van der Waals surface area contributed by atoms with Crippen LogP contribution >= 0.6 is 0 Å². The second kappa shape index (κ2) is 5.87. The Morgan fingerprint density at radius 3 is 2.95 bits per heavy atom. The van der Waals surface area contributed by atoms with Crippen molar-refractivity contribution >= 4 is 16.9 Å². The van der Waals surface area contributed by atoms with Crippen molar-refractivity contribution in [1.82, 2.24) is 15.4 Å². The molecule has 5 nitrogen and oxygen atoms in total. The van der Waals surface area contributed by atoms with E-state index in [9.17, 15) is 4.79 Å². The number of hydroxylamine groups is 1. The van der Waals surface area contributed by atoms with Crippen LogP contribution in [0, 0.1) is 5.92 Å². The van der Waals surface area contributed by atoms with Gasteiger partial charge in [0.05, 0.1) is 5.92 Å². The van der Waals surface area contributed by atoms with E-state index >= 15 is 0 Å². The van der Waals surface area contributed by atoms with Crippen LogP contribution in [0.1, 0.15) is 11.1 Å². The van der Waals surface area contributed by atoms with Crippen molar-refractivity contribution in [1.29, 1.82) is 0 Å². The molecule has 0 amide bonds. The highest BCUT2D eigenvalue weighted by Crippen LogP contribution is 2.23. The van der Waals surface area contributed by atoms with Crippen molar-refractivity contribution in [2.45, 2.75) is 12.8 Å². The maximum absolute atomic E-state index is 11.5. The number of rotatable bonds is 5. The first kappa shape index (κ1) is 14.1. The molecular formula is C16H21N3O2. The number of carbonyl (C=O) groups is 1. The van der Waals surface area contributed by atoms with E-state index in [-0.39, 0.29) is 11.9 Å². The smallest absolute Gasteiger partial charge is 0.329 e. The summed E-state index contributed by atoms with van der Waals surface area (Å²) in [6.07, 6.45) is 3.83. The number of carbonyl (C=O) groups excluding carboxylic acids is 1. The molecule has 1 aromatic heterocycles. The highest BCUT2D eigenvalue weighted by atomic mass is 16.7. The average molecular weight is 287 g/mol. The van der Waals surface area contributed by atoms with Crippen LogP contribution in [-0.4, -0.2) is 43.0 Å². The van der Waals surface area contributed by atoms with Gasteiger partial charge in [-0.3, -0.25) is 0 Å². The number of nitrogens with one attached hydrogen (secondary N) is 2. The molecule has 1 unspecified atom stereocenters. The standard InChI is InChI=1S/C16H21N3O2/c1-19(2)6-5-12-9-17-15-4-3-11(8-14(12)15)7-13-10-18-21-16(13)20/h3-4,8-9,13,17-18H,5-7,10H2,1-2H3. The molecule has 0 saturated carbocycles. The summed E-state index contributed by atoms with van der Waals surface area (Å²) in [5.74, 6) is -0.233. The van der Waals surface area contributed by atoms with Crippen molar-refractivity contribution < 1.29 is 9.63 Å². The summed E-state index contributed by atoms with van der Waals surface area (Å²) in [5, 5.41) is 1.26. The van der Waals surface area contributed by atoms with E-state index in [0.717, 1.165) is 24.9 Å². The van der Waals surface area contributed by atoms with E-state index in [0.29, 0.717) is 6.54 Å². The van der Waals surface area contributed by atoms with Crippen LogP contribution in [0.25, 0.3) is 10.9 Å². The maximum Gasteiger partial charge on any atom is 0.329 e. The van der Waals surface area contributed by atoms with E-state index < -0.39 is 0 Å². The fourth-order valence-corrected chi connectivity index (χ4v) is 2.72. The fraction of sp³-hybridized carbons (Fsp3) is 0.438. The zero-order chi connectivity index (χ0) is 14.8. The Morgan fingerprint density at radius 2 is 2.24 bits per heavy atom. The van der Waals surface area contributed by atoms with E-state index in [4.69, 9.17) is 4.84 Å². The molecule has 0 bridgehead atoms. The van der Waals surface area contributed by atoms with Gasteiger partial charge in [-0.25, -0.2) is 4.79 Å². The van der Waals surface area contributed by atoms with Gasteiger partial charge >= 0.3 is 5.97 Å². The van der Waals surface area contributed by atoms with Crippen LogP contribution in [0.2, 0.25) is 0 Å². The zero-order valence-electron chi connectivity index (χ0n) is 12.5. The summed E-state index contributed by atoms with van der Waals surface area (Å²) in [5.41, 5.74) is 6.32. The second-order valence-corrected chi connectivity index (χ2v) is 5.92. The van der Waals surface area contributed by atoms with Crippen molar-refractivity contribution in [3.63, 3.8) is 0 Å². The van der Waals surface area contributed by atoms with Gasteiger partial charge in [-0.1, -0.05) is 6.07 Å². The lowest BCUT2D eigenvalue weighted by Crippen LogP contribution is -2.15. The van der Waals surface area contributed by atoms with Gasteiger partial charge in [-0.15, -0.1) is 0 Å². The number of likely N-dealkylation sites (N-methyl/N-ethyl adjacent to an activating group) is 1. The molecule has 1 aliphatic heterocycles. The number of hydrogen-bond donors (Lipinski definition) is 2. The third kappa shape index (κ3) is 3.09. The van der Waals surface area contributed by atoms with Gasteiger partial charge < -0.3 is 14.7 Å². The maximum atomic E-state index is 11.5. The van der Waals surface area contributed by atoms with Crippen LogP contribution in [0.4, 0.5) is 0 Å². The molecule has 0 radical (unpaired) electrons. The Bertz CT molecular complexity index is 648. The van der Waals surface area contributed by atoms with Gasteiger partial charge in [0, 0.05) is 30.2 Å². The Kier molecular flexibility index (Phi) is 3.94. The first-order chi connectivity index (χ1) is 10.1. The summed E-state index contributed by atoms with van der Waals surface area (Å²) in [6.45, 7) is 1.62. The Labute approximate surface area is 124 Å². The number of H-pyrrole nitrogens is 1. The quantitative estimate of drug-likeness (QED) is 0.875. The summed E-state index contributed by atoms with van der Waals surface area (Å²) >= 11 is 0. The first-order valence-electron chi connectivity index (χ1n) is 7.30. The molecule has 2 N–H and O–H groups in total. The molecule has 5 heteroatoms. The first-order valence-corrected chi connectivity index (χ1v) is 7.30. The molecule has 1 aliphatic rings. The predicted octanol–water partition coefficient (Wildman–Crippen LogP) is 1.49. The minimum atomic E-state index is -0.156. The number of nitrogens with zero attached hydrogens (tertiary/aromatic N) is 1. The Hall–Kier alpha value is -1.85. The van der Waals surface area contributed by atoms with Crippen molar-refractivity contribution in [2.24, 2.45) is 5.92 Å². The normalized spacial score (nSPS) is 18.6. The number of fused-ring (bicyclic) bond motifs is 1. The molecule has 0 spiro atoms. The number of benzene rings is 1. The van der Waals surface area contributed by atoms with E-state index in [1.54, 1.807) is 0 Å². The van der Waals surface area contributed by atoms with Crippen molar-refractivity contribution in [2.75, 3.05) is 27.2 Å². The largest absolute Gasteiger partial charge is 0.370 e. The molecule has 2 aromatic rings. The average Bonchev–Trinajstić information content (AvgIpc) is 3.03. The monoisotopic (exact) mass is 287 g/mol. The molecule has 1 atom stereocenters. The van der Waals surface area contributed by atoms with Crippen molar-refractivity contribution in [3.8, 4) is 0 Å². The minimum absolute atomic E-state index is 0.0772. The number of hydrogen-bond acceptors (Lipinski definition) is 4. The van der Waals surface area contributed by atoms with Crippen LogP contribution in [0.3, 0.4) is 0 Å². The van der Waals surface area contributed by atoms with Crippen LogP contribution in [-0.2, 0) is 22.5 Å². The molecular weight excluding hydrogens is 266 g/mol. The predicted molar refractivity (Wildman–Crippen MR) is 81.8 cm³/mol. The minimum Gasteiger partial charge on any atom is -0.370 e. The molecule has 21 heavy (non-hydrogen) atoms. The lowest BCUT2D eigenvalue weighted by Gasteiger charge is -2.09. The van der Waals surface area contributed by atoms with Gasteiger partial charge in [0.15, 0.2) is 0 Å². The highest BCUT2D eigenvalue weighted by Gasteiger charge is 2.26. The third-order valence-corrected chi connectivity index (χ3v) is 3.98. The molecule has 1 aromatic carbocycles. The SMILES string of the molecule is CN(C)CCc1c[nH]c2ccc(CC3CNOC3=O)cc12. The zero-order valence-corrected chi connectivity index (χ0v) is 12.5. The van der Waals surface area contributed by atoms with Crippen LogP contribution in [0.15, 0.2) is 24.4 Å². The summed E-state index contributed by atoms with van der Waals surface area (Å²) in [4.78, 5) is 21.8. The lowest BCUT2D eigenvalue weighted by atomic mass is 9.98. The van der Waals surface area contributed by atoms with Gasteiger partial charge in [0.2, 0.25) is 0 Å². The topological polar surface area (TPSA) is 57.4 Å². The van der Waals surface area contributed by atoms with Gasteiger partial charge in [0.1, 0.15) is 0 Å². The molecule has 3 rings (SSSR count).